The van der Waals surface area contributed by atoms with E-state index in [1.807, 2.05) is 0 Å². The number of piperazine rings is 1. The predicted molar refractivity (Wildman–Crippen MR) is 94.7 cm³/mol. The zero-order valence-electron chi connectivity index (χ0n) is 14.0. The topological polar surface area (TPSA) is 19.4 Å². The summed E-state index contributed by atoms with van der Waals surface area (Å²) in [6.45, 7) is 11.2. The lowest BCUT2D eigenvalue weighted by Crippen LogP contribution is -2.49. The summed E-state index contributed by atoms with van der Waals surface area (Å²) in [5.41, 5.74) is 2.53. The van der Waals surface area contributed by atoms with Crippen molar-refractivity contribution in [2.75, 3.05) is 31.1 Å². The number of fused-ring (bicyclic) bond motifs is 1. The van der Waals surface area contributed by atoms with E-state index in [0.717, 1.165) is 43.9 Å². The lowest BCUT2D eigenvalue weighted by molar-refractivity contribution is 0.209. The largest absolute Gasteiger partial charge is 0.354 e. The molecule has 0 bridgehead atoms. The molecular weight excluding hydrogens is 270 g/mol. The lowest BCUT2D eigenvalue weighted by atomic mass is 10.1. The molecule has 1 aliphatic rings. The van der Waals surface area contributed by atoms with Crippen molar-refractivity contribution in [2.24, 2.45) is 0 Å². The van der Waals surface area contributed by atoms with Gasteiger partial charge in [0.05, 0.1) is 5.52 Å². The molecule has 0 N–H and O–H groups in total. The number of hydrogen-bond donors (Lipinski definition) is 0. The minimum absolute atomic E-state index is 0.642. The third kappa shape index (κ3) is 3.25. The summed E-state index contributed by atoms with van der Waals surface area (Å²) in [6.07, 6.45) is 2.34. The quantitative estimate of drug-likeness (QED) is 0.857. The number of pyridine rings is 1. The summed E-state index contributed by atoms with van der Waals surface area (Å²) < 4.78 is 0. The maximum atomic E-state index is 4.88. The van der Waals surface area contributed by atoms with E-state index in [9.17, 15) is 0 Å². The molecular formula is C19H27N3. The van der Waals surface area contributed by atoms with E-state index in [4.69, 9.17) is 4.98 Å². The van der Waals surface area contributed by atoms with Gasteiger partial charge >= 0.3 is 0 Å². The minimum Gasteiger partial charge on any atom is -0.354 e. The van der Waals surface area contributed by atoms with Crippen LogP contribution in [0.3, 0.4) is 0 Å². The van der Waals surface area contributed by atoms with E-state index >= 15 is 0 Å². The van der Waals surface area contributed by atoms with Crippen molar-refractivity contribution in [2.45, 2.75) is 39.7 Å². The Bertz CT molecular complexity index is 628. The molecule has 0 radical (unpaired) electrons. The standard InChI is InChI=1S/C19H27N3/c1-4-5-16-6-8-18-17(14-16)7-9-19(20-18)22-12-10-21(11-13-22)15(2)3/h6-9,14-15H,4-5,10-13H2,1-3H3. The molecule has 0 amide bonds. The van der Waals surface area contributed by atoms with E-state index in [2.05, 4.69) is 60.9 Å². The zero-order chi connectivity index (χ0) is 15.5. The van der Waals surface area contributed by atoms with Crippen LogP contribution in [0.25, 0.3) is 10.9 Å². The normalized spacial score (nSPS) is 16.6. The highest BCUT2D eigenvalue weighted by Crippen LogP contribution is 2.21. The van der Waals surface area contributed by atoms with Gasteiger partial charge in [0.25, 0.3) is 0 Å². The number of rotatable bonds is 4. The molecule has 0 atom stereocenters. The Balaban J connectivity index is 1.76. The fourth-order valence-electron chi connectivity index (χ4n) is 3.25. The lowest BCUT2D eigenvalue weighted by Gasteiger charge is -2.37. The van der Waals surface area contributed by atoms with Crippen LogP contribution in [0.1, 0.15) is 32.8 Å². The Labute approximate surface area is 133 Å². The Morgan fingerprint density at radius 2 is 1.82 bits per heavy atom. The fraction of sp³-hybridized carbons (Fsp3) is 0.526. The molecule has 3 rings (SSSR count). The average molecular weight is 297 g/mol. The first-order valence-corrected chi connectivity index (χ1v) is 8.56. The first kappa shape index (κ1) is 15.3. The Kier molecular flexibility index (Phi) is 4.63. The number of hydrogen-bond acceptors (Lipinski definition) is 3. The van der Waals surface area contributed by atoms with Crippen molar-refractivity contribution in [3.63, 3.8) is 0 Å². The van der Waals surface area contributed by atoms with E-state index in [1.54, 1.807) is 0 Å². The summed E-state index contributed by atoms with van der Waals surface area (Å²) >= 11 is 0. The Hall–Kier alpha value is -1.61. The second-order valence-electron chi connectivity index (χ2n) is 6.56. The molecule has 3 heteroatoms. The van der Waals surface area contributed by atoms with Gasteiger partial charge in [-0.15, -0.1) is 0 Å². The number of aromatic nitrogens is 1. The minimum atomic E-state index is 0.642. The summed E-state index contributed by atoms with van der Waals surface area (Å²) in [5, 5.41) is 1.26. The van der Waals surface area contributed by atoms with Crippen LogP contribution < -0.4 is 4.90 Å². The van der Waals surface area contributed by atoms with E-state index in [1.165, 1.54) is 17.4 Å². The molecule has 0 spiro atoms. The fourth-order valence-corrected chi connectivity index (χ4v) is 3.25. The summed E-state index contributed by atoms with van der Waals surface area (Å²) in [4.78, 5) is 9.83. The predicted octanol–water partition coefficient (Wildman–Crippen LogP) is 3.72. The summed E-state index contributed by atoms with van der Waals surface area (Å²) in [6, 6.07) is 11.7. The monoisotopic (exact) mass is 297 g/mol. The van der Waals surface area contributed by atoms with Crippen LogP contribution in [0.15, 0.2) is 30.3 Å². The first-order valence-electron chi connectivity index (χ1n) is 8.56. The van der Waals surface area contributed by atoms with Crippen LogP contribution in [0.4, 0.5) is 5.82 Å². The molecule has 1 saturated heterocycles. The third-order valence-corrected chi connectivity index (χ3v) is 4.65. The molecule has 2 heterocycles. The number of anilines is 1. The summed E-state index contributed by atoms with van der Waals surface area (Å²) in [7, 11) is 0. The van der Waals surface area contributed by atoms with Crippen molar-refractivity contribution in [3.8, 4) is 0 Å². The van der Waals surface area contributed by atoms with Crippen molar-refractivity contribution < 1.29 is 0 Å². The van der Waals surface area contributed by atoms with Crippen LogP contribution in [0, 0.1) is 0 Å². The Morgan fingerprint density at radius 3 is 2.50 bits per heavy atom. The van der Waals surface area contributed by atoms with Gasteiger partial charge in [-0.1, -0.05) is 19.4 Å². The molecule has 1 aromatic heterocycles. The van der Waals surface area contributed by atoms with Crippen molar-refractivity contribution in [1.82, 2.24) is 9.88 Å². The Morgan fingerprint density at radius 1 is 1.05 bits per heavy atom. The molecule has 1 aliphatic heterocycles. The molecule has 1 aromatic carbocycles. The van der Waals surface area contributed by atoms with Crippen molar-refractivity contribution >= 4 is 16.7 Å². The SMILES string of the molecule is CCCc1ccc2nc(N3CCN(C(C)C)CC3)ccc2c1. The van der Waals surface area contributed by atoms with Gasteiger partial charge in [0.2, 0.25) is 0 Å². The van der Waals surface area contributed by atoms with Crippen LogP contribution in [-0.2, 0) is 6.42 Å². The molecule has 1 fully saturated rings. The van der Waals surface area contributed by atoms with Gasteiger partial charge in [0.1, 0.15) is 5.82 Å². The van der Waals surface area contributed by atoms with Crippen LogP contribution in [0.5, 0.6) is 0 Å². The van der Waals surface area contributed by atoms with Crippen molar-refractivity contribution in [1.29, 1.82) is 0 Å². The van der Waals surface area contributed by atoms with Gasteiger partial charge in [0, 0.05) is 37.6 Å². The second kappa shape index (κ2) is 6.66. The van der Waals surface area contributed by atoms with E-state index < -0.39 is 0 Å². The van der Waals surface area contributed by atoms with Crippen LogP contribution in [0.2, 0.25) is 0 Å². The van der Waals surface area contributed by atoms with Crippen molar-refractivity contribution in [3.05, 3.63) is 35.9 Å². The maximum Gasteiger partial charge on any atom is 0.129 e. The van der Waals surface area contributed by atoms with E-state index in [-0.39, 0.29) is 0 Å². The highest BCUT2D eigenvalue weighted by molar-refractivity contribution is 5.81. The molecule has 22 heavy (non-hydrogen) atoms. The maximum absolute atomic E-state index is 4.88. The van der Waals surface area contributed by atoms with Gasteiger partial charge < -0.3 is 4.90 Å². The van der Waals surface area contributed by atoms with Gasteiger partial charge in [-0.3, -0.25) is 4.90 Å². The first-order chi connectivity index (χ1) is 10.7. The molecule has 3 nitrogen and oxygen atoms in total. The highest BCUT2D eigenvalue weighted by Gasteiger charge is 2.19. The third-order valence-electron chi connectivity index (χ3n) is 4.65. The van der Waals surface area contributed by atoms with Gasteiger partial charge in [0.15, 0.2) is 0 Å². The van der Waals surface area contributed by atoms with Gasteiger partial charge in [-0.05, 0) is 50.1 Å². The average Bonchev–Trinajstić information content (AvgIpc) is 2.55. The highest BCUT2D eigenvalue weighted by atomic mass is 15.3. The van der Waals surface area contributed by atoms with Crippen LogP contribution >= 0.6 is 0 Å². The van der Waals surface area contributed by atoms with Gasteiger partial charge in [-0.25, -0.2) is 4.98 Å². The van der Waals surface area contributed by atoms with Crippen LogP contribution in [-0.4, -0.2) is 42.1 Å². The molecule has 0 unspecified atom stereocenters. The second-order valence-corrected chi connectivity index (χ2v) is 6.56. The molecule has 2 aromatic rings. The molecule has 0 saturated carbocycles. The number of nitrogens with zero attached hydrogens (tertiary/aromatic N) is 3. The van der Waals surface area contributed by atoms with E-state index in [0.29, 0.717) is 6.04 Å². The number of aryl methyl sites for hydroxylation is 1. The zero-order valence-corrected chi connectivity index (χ0v) is 14.0. The summed E-state index contributed by atoms with van der Waals surface area (Å²) in [5.74, 6) is 1.12. The molecule has 0 aliphatic carbocycles. The smallest absolute Gasteiger partial charge is 0.129 e. The number of benzene rings is 1. The van der Waals surface area contributed by atoms with Gasteiger partial charge in [-0.2, -0.15) is 0 Å². The molecule has 118 valence electrons.